The van der Waals surface area contributed by atoms with Crippen molar-refractivity contribution in [1.82, 2.24) is 14.8 Å². The van der Waals surface area contributed by atoms with E-state index in [0.717, 1.165) is 5.69 Å². The van der Waals surface area contributed by atoms with E-state index < -0.39 is 11.8 Å². The highest BCUT2D eigenvalue weighted by Gasteiger charge is 2.57. The Morgan fingerprint density at radius 2 is 1.70 bits per heavy atom. The fourth-order valence-corrected chi connectivity index (χ4v) is 3.91. The summed E-state index contributed by atoms with van der Waals surface area (Å²) >= 11 is 0. The van der Waals surface area contributed by atoms with Crippen molar-refractivity contribution >= 4 is 21.8 Å². The Labute approximate surface area is 169 Å². The van der Waals surface area contributed by atoms with E-state index in [2.05, 4.69) is 10.1 Å². The molecule has 1 unspecified atom stereocenters. The number of aliphatic hydroxyl groups is 1. The molecule has 0 spiro atoms. The Morgan fingerprint density at radius 1 is 0.900 bits per heavy atom. The lowest BCUT2D eigenvalue weighted by Gasteiger charge is -2.32. The number of hydrogen-bond donors (Lipinski definition) is 2. The summed E-state index contributed by atoms with van der Waals surface area (Å²) in [6.45, 7) is 0. The maximum Gasteiger partial charge on any atom is 0.425 e. The number of fused-ring (bicyclic) bond motifs is 2. The molecular weight excluding hydrogens is 391 g/mol. The minimum Gasteiger partial charge on any atom is -0.372 e. The van der Waals surface area contributed by atoms with E-state index in [0.29, 0.717) is 21.8 Å². The van der Waals surface area contributed by atoms with E-state index in [9.17, 15) is 18.3 Å². The van der Waals surface area contributed by atoms with Crippen LogP contribution in [0.25, 0.3) is 27.5 Å². The number of nitrogens with one attached hydrogen (secondary N) is 1. The second-order valence-electron chi connectivity index (χ2n) is 7.12. The third-order valence-electron chi connectivity index (χ3n) is 5.38. The first-order valence-electron chi connectivity index (χ1n) is 9.29. The van der Waals surface area contributed by atoms with E-state index in [1.807, 2.05) is 30.3 Å². The predicted octanol–water partition coefficient (Wildman–Crippen LogP) is 5.31. The van der Waals surface area contributed by atoms with Crippen LogP contribution in [0.1, 0.15) is 11.1 Å². The first kappa shape index (κ1) is 18.4. The van der Waals surface area contributed by atoms with Crippen molar-refractivity contribution in [1.29, 1.82) is 0 Å². The number of hydrogen-bond acceptors (Lipinski definition) is 2. The van der Waals surface area contributed by atoms with Gasteiger partial charge in [-0.2, -0.15) is 18.3 Å². The Bertz CT molecular complexity index is 1350. The van der Waals surface area contributed by atoms with Crippen LogP contribution in [0.3, 0.4) is 0 Å². The molecule has 0 saturated carbocycles. The lowest BCUT2D eigenvalue weighted by Crippen LogP contribution is -2.43. The van der Waals surface area contributed by atoms with Gasteiger partial charge in [0, 0.05) is 28.0 Å². The molecule has 7 heteroatoms. The zero-order valence-corrected chi connectivity index (χ0v) is 15.6. The summed E-state index contributed by atoms with van der Waals surface area (Å²) < 4.78 is 44.5. The van der Waals surface area contributed by atoms with Gasteiger partial charge >= 0.3 is 6.18 Å². The molecule has 0 saturated heterocycles. The molecule has 0 aliphatic heterocycles. The van der Waals surface area contributed by atoms with Gasteiger partial charge in [-0.05, 0) is 42.0 Å². The largest absolute Gasteiger partial charge is 0.425 e. The van der Waals surface area contributed by atoms with Crippen LogP contribution in [0, 0.1) is 0 Å². The smallest absolute Gasteiger partial charge is 0.372 e. The fraction of sp³-hybridized carbons (Fsp3) is 0.0870. The van der Waals surface area contributed by atoms with E-state index in [1.165, 1.54) is 36.5 Å². The van der Waals surface area contributed by atoms with Crippen LogP contribution in [0.5, 0.6) is 0 Å². The van der Waals surface area contributed by atoms with E-state index in [1.54, 1.807) is 23.0 Å². The Kier molecular flexibility index (Phi) is 3.98. The quantitative estimate of drug-likeness (QED) is 0.426. The Morgan fingerprint density at radius 3 is 2.47 bits per heavy atom. The molecule has 1 atom stereocenters. The van der Waals surface area contributed by atoms with Crippen molar-refractivity contribution in [3.8, 4) is 5.69 Å². The maximum atomic E-state index is 14.3. The summed E-state index contributed by atoms with van der Waals surface area (Å²) in [4.78, 5) is 2.89. The van der Waals surface area contributed by atoms with E-state index >= 15 is 0 Å². The molecule has 0 bridgehead atoms. The number of nitrogens with zero attached hydrogens (tertiary/aromatic N) is 2. The molecule has 2 aromatic heterocycles. The lowest BCUT2D eigenvalue weighted by atomic mass is 9.83. The van der Waals surface area contributed by atoms with Gasteiger partial charge in [-0.1, -0.05) is 36.4 Å². The summed E-state index contributed by atoms with van der Waals surface area (Å²) in [6.07, 6.45) is -1.88. The molecule has 5 rings (SSSR count). The molecule has 0 radical (unpaired) electrons. The molecule has 30 heavy (non-hydrogen) atoms. The molecule has 2 N–H and O–H groups in total. The fourth-order valence-electron chi connectivity index (χ4n) is 3.91. The number of rotatable bonds is 3. The summed E-state index contributed by atoms with van der Waals surface area (Å²) in [5, 5.41) is 16.3. The van der Waals surface area contributed by atoms with Gasteiger partial charge in [0.15, 0.2) is 0 Å². The number of halogens is 3. The van der Waals surface area contributed by atoms with E-state index in [-0.39, 0.29) is 11.1 Å². The molecule has 2 heterocycles. The number of benzene rings is 3. The zero-order valence-electron chi connectivity index (χ0n) is 15.6. The van der Waals surface area contributed by atoms with Crippen molar-refractivity contribution in [2.24, 2.45) is 0 Å². The number of aromatic nitrogens is 3. The highest BCUT2D eigenvalue weighted by molar-refractivity contribution is 5.86. The van der Waals surface area contributed by atoms with Crippen LogP contribution < -0.4 is 0 Å². The van der Waals surface area contributed by atoms with Gasteiger partial charge in [0.05, 0.1) is 17.4 Å². The Balaban J connectivity index is 1.72. The summed E-state index contributed by atoms with van der Waals surface area (Å²) in [5.41, 5.74) is -1.68. The van der Waals surface area contributed by atoms with Gasteiger partial charge in [0.25, 0.3) is 0 Å². The molecule has 3 aromatic carbocycles. The molecule has 0 aliphatic rings. The standard InChI is InChI=1S/C23H16F3N3O/c24-23(25,26)22(30,19-7-4-8-20-18(19)11-12-27-20)16-9-10-21-15(13-16)14-28-29(21)17-5-2-1-3-6-17/h1-14,27,30H. The van der Waals surface area contributed by atoms with Crippen LogP contribution >= 0.6 is 0 Å². The first-order chi connectivity index (χ1) is 14.4. The van der Waals surface area contributed by atoms with Gasteiger partial charge in [-0.3, -0.25) is 0 Å². The van der Waals surface area contributed by atoms with Gasteiger partial charge in [0.2, 0.25) is 5.60 Å². The first-order valence-corrected chi connectivity index (χ1v) is 9.29. The Hall–Kier alpha value is -3.58. The monoisotopic (exact) mass is 407 g/mol. The summed E-state index contributed by atoms with van der Waals surface area (Å²) in [7, 11) is 0. The highest BCUT2D eigenvalue weighted by Crippen LogP contribution is 2.46. The average molecular weight is 407 g/mol. The maximum absolute atomic E-state index is 14.3. The van der Waals surface area contributed by atoms with Crippen molar-refractivity contribution in [3.05, 3.63) is 96.3 Å². The molecule has 5 aromatic rings. The van der Waals surface area contributed by atoms with Gasteiger partial charge in [0.1, 0.15) is 0 Å². The van der Waals surface area contributed by atoms with Crippen molar-refractivity contribution in [3.63, 3.8) is 0 Å². The second kappa shape index (κ2) is 6.47. The third kappa shape index (κ3) is 2.63. The van der Waals surface area contributed by atoms with Crippen LogP contribution in [-0.4, -0.2) is 26.0 Å². The molecule has 150 valence electrons. The minimum atomic E-state index is -4.93. The number of alkyl halides is 3. The zero-order chi connectivity index (χ0) is 20.9. The normalized spacial score (nSPS) is 14.3. The minimum absolute atomic E-state index is 0.219. The van der Waals surface area contributed by atoms with Crippen LogP contribution in [0.15, 0.2) is 85.2 Å². The van der Waals surface area contributed by atoms with Crippen LogP contribution in [-0.2, 0) is 5.60 Å². The average Bonchev–Trinajstić information content (AvgIpc) is 3.39. The van der Waals surface area contributed by atoms with Gasteiger partial charge < -0.3 is 10.1 Å². The lowest BCUT2D eigenvalue weighted by molar-refractivity contribution is -0.247. The van der Waals surface area contributed by atoms with E-state index in [4.69, 9.17) is 0 Å². The summed E-state index contributed by atoms with van der Waals surface area (Å²) in [5.74, 6) is 0. The van der Waals surface area contributed by atoms with Crippen molar-refractivity contribution < 1.29 is 18.3 Å². The van der Waals surface area contributed by atoms with Crippen molar-refractivity contribution in [2.45, 2.75) is 11.8 Å². The summed E-state index contributed by atoms with van der Waals surface area (Å²) in [6, 6.07) is 19.5. The molecule has 0 amide bonds. The second-order valence-corrected chi connectivity index (χ2v) is 7.12. The molecule has 4 nitrogen and oxygen atoms in total. The third-order valence-corrected chi connectivity index (χ3v) is 5.38. The van der Waals surface area contributed by atoms with Crippen LogP contribution in [0.2, 0.25) is 0 Å². The SMILES string of the molecule is OC(c1ccc2c(cnn2-c2ccccc2)c1)(c1cccc2[nH]ccc12)C(F)(F)F. The highest BCUT2D eigenvalue weighted by atomic mass is 19.4. The topological polar surface area (TPSA) is 53.8 Å². The number of H-pyrrole nitrogens is 1. The molecule has 0 aliphatic carbocycles. The van der Waals surface area contributed by atoms with Crippen molar-refractivity contribution in [2.75, 3.05) is 0 Å². The number of aromatic amines is 1. The molecular formula is C23H16F3N3O. The number of para-hydroxylation sites is 1. The molecule has 0 fully saturated rings. The van der Waals surface area contributed by atoms with Gasteiger partial charge in [-0.25, -0.2) is 4.68 Å². The van der Waals surface area contributed by atoms with Crippen LogP contribution in [0.4, 0.5) is 13.2 Å². The predicted molar refractivity (Wildman–Crippen MR) is 108 cm³/mol. The van der Waals surface area contributed by atoms with Gasteiger partial charge in [-0.15, -0.1) is 0 Å².